The lowest BCUT2D eigenvalue weighted by Gasteiger charge is -2.40. The third-order valence-electron chi connectivity index (χ3n) is 2.25. The maximum Gasteiger partial charge on any atom is 0.330 e. The van der Waals surface area contributed by atoms with Crippen LogP contribution in [0.5, 0.6) is 0 Å². The van der Waals surface area contributed by atoms with Crippen molar-refractivity contribution in [3.8, 4) is 0 Å². The second-order valence-corrected chi connectivity index (χ2v) is 2.95. The minimum atomic E-state index is -0.377. The average Bonchev–Trinajstić information content (AvgIpc) is 2.03. The van der Waals surface area contributed by atoms with Gasteiger partial charge in [-0.2, -0.15) is 0 Å². The zero-order valence-corrected chi connectivity index (χ0v) is 7.34. The van der Waals surface area contributed by atoms with Crippen LogP contribution in [-0.2, 0) is 14.3 Å². The number of esters is 1. The zero-order valence-electron chi connectivity index (χ0n) is 7.34. The van der Waals surface area contributed by atoms with Gasteiger partial charge in [0.2, 0.25) is 0 Å². The van der Waals surface area contributed by atoms with Crippen LogP contribution in [0, 0.1) is 0 Å². The van der Waals surface area contributed by atoms with Crippen molar-refractivity contribution in [3.05, 3.63) is 12.7 Å². The predicted octanol–water partition coefficient (Wildman–Crippen LogP) is 1.28. The van der Waals surface area contributed by atoms with Gasteiger partial charge in [0.1, 0.15) is 12.2 Å². The molecule has 0 aromatic heterocycles. The maximum atomic E-state index is 10.7. The molecule has 0 aromatic rings. The third kappa shape index (κ3) is 1.85. The van der Waals surface area contributed by atoms with E-state index >= 15 is 0 Å². The van der Waals surface area contributed by atoms with Crippen LogP contribution in [0.1, 0.15) is 19.8 Å². The monoisotopic (exact) mass is 170 g/mol. The van der Waals surface area contributed by atoms with Gasteiger partial charge in [0, 0.05) is 12.5 Å². The van der Waals surface area contributed by atoms with Gasteiger partial charge in [-0.3, -0.25) is 0 Å². The summed E-state index contributed by atoms with van der Waals surface area (Å²) in [7, 11) is 0. The quantitative estimate of drug-likeness (QED) is 0.471. The van der Waals surface area contributed by atoms with Crippen LogP contribution in [0.25, 0.3) is 0 Å². The summed E-state index contributed by atoms with van der Waals surface area (Å²) in [5.74, 6) is -0.377. The van der Waals surface area contributed by atoms with Crippen molar-refractivity contribution in [2.75, 3.05) is 13.2 Å². The van der Waals surface area contributed by atoms with Crippen molar-refractivity contribution in [1.29, 1.82) is 0 Å². The van der Waals surface area contributed by atoms with Gasteiger partial charge in [-0.05, 0) is 6.42 Å². The van der Waals surface area contributed by atoms with Crippen LogP contribution in [0.3, 0.4) is 0 Å². The molecule has 0 saturated carbocycles. The maximum absolute atomic E-state index is 10.7. The smallest absolute Gasteiger partial charge is 0.330 e. The standard InChI is InChI=1S/C9H14O3/c1-3-8(10)11-7-9(4-2)5-6-12-9/h3H,1,4-7H2,2H3. The van der Waals surface area contributed by atoms with E-state index in [2.05, 4.69) is 6.58 Å². The largest absolute Gasteiger partial charge is 0.459 e. The fraction of sp³-hybridized carbons (Fsp3) is 0.667. The first-order valence-electron chi connectivity index (χ1n) is 4.15. The van der Waals surface area contributed by atoms with Gasteiger partial charge in [0.05, 0.1) is 6.61 Å². The summed E-state index contributed by atoms with van der Waals surface area (Å²) < 4.78 is 10.3. The van der Waals surface area contributed by atoms with Crippen LogP contribution in [0.2, 0.25) is 0 Å². The van der Waals surface area contributed by atoms with E-state index < -0.39 is 0 Å². The highest BCUT2D eigenvalue weighted by Crippen LogP contribution is 2.29. The molecule has 0 radical (unpaired) electrons. The molecule has 0 amide bonds. The number of rotatable bonds is 4. The van der Waals surface area contributed by atoms with Gasteiger partial charge in [-0.25, -0.2) is 4.79 Å². The Morgan fingerprint density at radius 2 is 2.50 bits per heavy atom. The lowest BCUT2D eigenvalue weighted by atomic mass is 9.93. The minimum Gasteiger partial charge on any atom is -0.459 e. The molecule has 1 aliphatic rings. The second-order valence-electron chi connectivity index (χ2n) is 2.95. The molecule has 0 N–H and O–H groups in total. The summed E-state index contributed by atoms with van der Waals surface area (Å²) >= 11 is 0. The van der Waals surface area contributed by atoms with Crippen LogP contribution in [0.4, 0.5) is 0 Å². The molecule has 0 aromatic carbocycles. The first-order chi connectivity index (χ1) is 5.72. The van der Waals surface area contributed by atoms with Gasteiger partial charge in [-0.1, -0.05) is 13.5 Å². The Kier molecular flexibility index (Phi) is 2.87. The SMILES string of the molecule is C=CC(=O)OCC1(CC)CCO1. The Bertz CT molecular complexity index is 177. The van der Waals surface area contributed by atoms with Crippen molar-refractivity contribution in [2.45, 2.75) is 25.4 Å². The van der Waals surface area contributed by atoms with E-state index in [1.165, 1.54) is 6.08 Å². The Morgan fingerprint density at radius 1 is 1.83 bits per heavy atom. The molecule has 1 heterocycles. The average molecular weight is 170 g/mol. The minimum absolute atomic E-state index is 0.196. The summed E-state index contributed by atoms with van der Waals surface area (Å²) in [4.78, 5) is 10.7. The van der Waals surface area contributed by atoms with Crippen molar-refractivity contribution >= 4 is 5.97 Å². The van der Waals surface area contributed by atoms with Crippen LogP contribution < -0.4 is 0 Å². The van der Waals surface area contributed by atoms with E-state index in [1.54, 1.807) is 0 Å². The Hall–Kier alpha value is -0.830. The number of ether oxygens (including phenoxy) is 2. The number of carbonyl (C=O) groups is 1. The van der Waals surface area contributed by atoms with Gasteiger partial charge < -0.3 is 9.47 Å². The van der Waals surface area contributed by atoms with Gasteiger partial charge in [0.25, 0.3) is 0 Å². The molecule has 3 nitrogen and oxygen atoms in total. The van der Waals surface area contributed by atoms with Crippen molar-refractivity contribution < 1.29 is 14.3 Å². The van der Waals surface area contributed by atoms with Crippen LogP contribution in [0.15, 0.2) is 12.7 Å². The van der Waals surface area contributed by atoms with Gasteiger partial charge in [-0.15, -0.1) is 0 Å². The molecule has 3 heteroatoms. The summed E-state index contributed by atoms with van der Waals surface area (Å²) in [6, 6.07) is 0. The van der Waals surface area contributed by atoms with E-state index in [0.717, 1.165) is 19.4 Å². The van der Waals surface area contributed by atoms with Crippen molar-refractivity contribution in [1.82, 2.24) is 0 Å². The lowest BCUT2D eigenvalue weighted by Crippen LogP contribution is -2.47. The highest BCUT2D eigenvalue weighted by Gasteiger charge is 2.37. The molecule has 0 bridgehead atoms. The Labute approximate surface area is 72.4 Å². The molecule has 1 aliphatic heterocycles. The molecule has 0 spiro atoms. The summed E-state index contributed by atoms with van der Waals surface area (Å²) in [6.45, 7) is 6.48. The molecule has 0 aliphatic carbocycles. The highest BCUT2D eigenvalue weighted by atomic mass is 16.6. The molecule has 1 fully saturated rings. The van der Waals surface area contributed by atoms with E-state index in [-0.39, 0.29) is 11.6 Å². The third-order valence-corrected chi connectivity index (χ3v) is 2.25. The molecular formula is C9H14O3. The topological polar surface area (TPSA) is 35.5 Å². The molecule has 1 saturated heterocycles. The van der Waals surface area contributed by atoms with Crippen molar-refractivity contribution in [3.63, 3.8) is 0 Å². The van der Waals surface area contributed by atoms with E-state index in [9.17, 15) is 4.79 Å². The fourth-order valence-corrected chi connectivity index (χ4v) is 1.15. The molecule has 68 valence electrons. The van der Waals surface area contributed by atoms with Crippen LogP contribution >= 0.6 is 0 Å². The normalized spacial score (nSPS) is 27.4. The number of hydrogen-bond acceptors (Lipinski definition) is 3. The zero-order chi connectivity index (χ0) is 9.03. The number of hydrogen-bond donors (Lipinski definition) is 0. The Balaban J connectivity index is 2.29. The first kappa shape index (κ1) is 9.26. The lowest BCUT2D eigenvalue weighted by molar-refractivity contribution is -0.187. The van der Waals surface area contributed by atoms with Crippen molar-refractivity contribution in [2.24, 2.45) is 0 Å². The molecule has 1 rings (SSSR count). The highest BCUT2D eigenvalue weighted by molar-refractivity contribution is 5.81. The van der Waals surface area contributed by atoms with Gasteiger partial charge in [0.15, 0.2) is 0 Å². The molecule has 1 atom stereocenters. The van der Waals surface area contributed by atoms with E-state index in [1.807, 2.05) is 6.92 Å². The van der Waals surface area contributed by atoms with E-state index in [0.29, 0.717) is 6.61 Å². The number of carbonyl (C=O) groups excluding carboxylic acids is 1. The predicted molar refractivity (Wildman–Crippen MR) is 44.7 cm³/mol. The first-order valence-corrected chi connectivity index (χ1v) is 4.15. The molecule has 1 unspecified atom stereocenters. The fourth-order valence-electron chi connectivity index (χ4n) is 1.15. The van der Waals surface area contributed by atoms with E-state index in [4.69, 9.17) is 9.47 Å². The molecule has 12 heavy (non-hydrogen) atoms. The van der Waals surface area contributed by atoms with Gasteiger partial charge >= 0.3 is 5.97 Å². The summed E-state index contributed by atoms with van der Waals surface area (Å²) in [5, 5.41) is 0. The Morgan fingerprint density at radius 3 is 2.83 bits per heavy atom. The summed E-state index contributed by atoms with van der Waals surface area (Å²) in [6.07, 6.45) is 3.04. The summed E-state index contributed by atoms with van der Waals surface area (Å²) in [5.41, 5.74) is -0.196. The second kappa shape index (κ2) is 3.72. The molecular weight excluding hydrogens is 156 g/mol. The van der Waals surface area contributed by atoms with Crippen LogP contribution in [-0.4, -0.2) is 24.8 Å².